The number of sulfone groups is 1. The summed E-state index contributed by atoms with van der Waals surface area (Å²) in [5.41, 5.74) is 1.10. The van der Waals surface area contributed by atoms with E-state index in [4.69, 9.17) is 4.74 Å². The van der Waals surface area contributed by atoms with Crippen molar-refractivity contribution in [1.82, 2.24) is 20.1 Å². The molecule has 8 nitrogen and oxygen atoms in total. The number of ether oxygens (including phenoxy) is 1. The molecule has 10 heteroatoms. The monoisotopic (exact) mass is 450 g/mol. The molecule has 162 valence electrons. The number of benzene rings is 1. The molecule has 3 rings (SSSR count). The quantitative estimate of drug-likeness (QED) is 0.461. The Hall–Kier alpha value is -2.33. The van der Waals surface area contributed by atoms with E-state index in [1.54, 1.807) is 13.0 Å². The Kier molecular flexibility index (Phi) is 7.19. The maximum atomic E-state index is 12.5. The number of thioether (sulfide) groups is 1. The van der Waals surface area contributed by atoms with Crippen molar-refractivity contribution in [3.8, 4) is 5.75 Å². The highest BCUT2D eigenvalue weighted by atomic mass is 32.2. The first-order valence-electron chi connectivity index (χ1n) is 9.67. The van der Waals surface area contributed by atoms with Gasteiger partial charge in [-0.15, -0.1) is 16.8 Å². The van der Waals surface area contributed by atoms with Crippen LogP contribution in [0.15, 0.2) is 42.1 Å². The molecule has 1 aliphatic heterocycles. The Bertz CT molecular complexity index is 1020. The third-order valence-electron chi connectivity index (χ3n) is 4.69. The molecule has 2 atom stereocenters. The molecule has 30 heavy (non-hydrogen) atoms. The number of rotatable bonds is 9. The molecule has 2 heterocycles. The van der Waals surface area contributed by atoms with Crippen molar-refractivity contribution in [2.24, 2.45) is 0 Å². The first kappa shape index (κ1) is 22.4. The first-order chi connectivity index (χ1) is 14.3. The van der Waals surface area contributed by atoms with Crippen LogP contribution in [0.5, 0.6) is 5.75 Å². The first-order valence-corrected chi connectivity index (χ1v) is 12.4. The van der Waals surface area contributed by atoms with Crippen molar-refractivity contribution in [3.05, 3.63) is 48.3 Å². The molecule has 1 amide bonds. The fourth-order valence-corrected chi connectivity index (χ4v) is 5.68. The van der Waals surface area contributed by atoms with E-state index < -0.39 is 15.1 Å². The van der Waals surface area contributed by atoms with E-state index in [-0.39, 0.29) is 30.1 Å². The Morgan fingerprint density at radius 1 is 1.47 bits per heavy atom. The summed E-state index contributed by atoms with van der Waals surface area (Å²) in [7, 11) is -3.04. The average molecular weight is 451 g/mol. The van der Waals surface area contributed by atoms with Crippen LogP contribution in [0.4, 0.5) is 0 Å². The van der Waals surface area contributed by atoms with E-state index in [1.165, 1.54) is 11.8 Å². The Labute approximate surface area is 181 Å². The minimum atomic E-state index is -3.04. The van der Waals surface area contributed by atoms with E-state index >= 15 is 0 Å². The van der Waals surface area contributed by atoms with Gasteiger partial charge >= 0.3 is 0 Å². The van der Waals surface area contributed by atoms with E-state index in [1.807, 2.05) is 35.8 Å². The van der Waals surface area contributed by atoms with Crippen LogP contribution in [-0.4, -0.2) is 51.9 Å². The van der Waals surface area contributed by atoms with Crippen LogP contribution in [0.25, 0.3) is 0 Å². The van der Waals surface area contributed by atoms with Gasteiger partial charge in [0.25, 0.3) is 0 Å². The number of nitrogens with zero attached hydrogens (tertiary/aromatic N) is 3. The number of carbonyl (C=O) groups excluding carboxylic acids is 1. The highest BCUT2D eigenvalue weighted by Gasteiger charge is 2.30. The van der Waals surface area contributed by atoms with Crippen molar-refractivity contribution in [2.75, 3.05) is 11.5 Å². The molecule has 0 bridgehead atoms. The van der Waals surface area contributed by atoms with Crippen molar-refractivity contribution in [3.63, 3.8) is 0 Å². The number of aryl methyl sites for hydroxylation is 1. The summed E-state index contributed by atoms with van der Waals surface area (Å²) in [4.78, 5) is 12.5. The van der Waals surface area contributed by atoms with Gasteiger partial charge in [-0.2, -0.15) is 0 Å². The van der Waals surface area contributed by atoms with Crippen LogP contribution >= 0.6 is 11.8 Å². The molecule has 1 aliphatic rings. The van der Waals surface area contributed by atoms with Crippen LogP contribution in [0.2, 0.25) is 0 Å². The zero-order chi connectivity index (χ0) is 21.7. The molecular weight excluding hydrogens is 424 g/mol. The molecule has 0 saturated carbocycles. The summed E-state index contributed by atoms with van der Waals surface area (Å²) in [5.74, 6) is 1.29. The minimum Gasteiger partial charge on any atom is -0.486 e. The number of aromatic nitrogens is 3. The van der Waals surface area contributed by atoms with Gasteiger partial charge in [0.15, 0.2) is 20.8 Å². The van der Waals surface area contributed by atoms with Crippen LogP contribution in [0, 0.1) is 6.92 Å². The van der Waals surface area contributed by atoms with Gasteiger partial charge < -0.3 is 10.1 Å². The van der Waals surface area contributed by atoms with Crippen LogP contribution in [-0.2, 0) is 27.8 Å². The van der Waals surface area contributed by atoms with Gasteiger partial charge in [-0.25, -0.2) is 8.42 Å². The minimum absolute atomic E-state index is 0.00320. The van der Waals surface area contributed by atoms with E-state index in [0.29, 0.717) is 23.9 Å². The van der Waals surface area contributed by atoms with Gasteiger partial charge in [0.1, 0.15) is 12.4 Å². The van der Waals surface area contributed by atoms with Crippen molar-refractivity contribution in [2.45, 2.75) is 49.9 Å². The predicted molar refractivity (Wildman–Crippen MR) is 116 cm³/mol. The molecule has 0 unspecified atom stereocenters. The molecule has 0 aliphatic carbocycles. The maximum Gasteiger partial charge on any atom is 0.233 e. The summed E-state index contributed by atoms with van der Waals surface area (Å²) in [6.07, 6.45) is 2.19. The second-order valence-electron chi connectivity index (χ2n) is 7.27. The lowest BCUT2D eigenvalue weighted by Crippen LogP contribution is -2.40. The van der Waals surface area contributed by atoms with Gasteiger partial charge in [0, 0.05) is 12.6 Å². The fraction of sp³-hybridized carbons (Fsp3) is 0.450. The molecule has 1 aromatic carbocycles. The van der Waals surface area contributed by atoms with Gasteiger partial charge in [-0.3, -0.25) is 9.36 Å². The lowest BCUT2D eigenvalue weighted by atomic mass is 10.2. The number of nitrogens with one attached hydrogen (secondary N) is 1. The predicted octanol–water partition coefficient (Wildman–Crippen LogP) is 2.14. The molecule has 1 N–H and O–H groups in total. The summed E-state index contributed by atoms with van der Waals surface area (Å²) in [5, 5.41) is 11.4. The SMILES string of the molecule is C=CCn1c(COc2cccc(C)c2)nnc1S[C@H](C)C(=O)N[C@H]1CCS(=O)(=O)C1. The largest absolute Gasteiger partial charge is 0.486 e. The third-order valence-corrected chi connectivity index (χ3v) is 7.54. The molecule has 1 fully saturated rings. The molecule has 1 aromatic heterocycles. The van der Waals surface area contributed by atoms with E-state index in [2.05, 4.69) is 22.1 Å². The van der Waals surface area contributed by atoms with Gasteiger partial charge in [0.2, 0.25) is 5.91 Å². The highest BCUT2D eigenvalue weighted by Crippen LogP contribution is 2.24. The Balaban J connectivity index is 1.63. The Morgan fingerprint density at radius 2 is 2.27 bits per heavy atom. The van der Waals surface area contributed by atoms with E-state index in [0.717, 1.165) is 11.3 Å². The summed E-state index contributed by atoms with van der Waals surface area (Å²) in [6, 6.07) is 7.42. The van der Waals surface area contributed by atoms with Crippen molar-refractivity contribution >= 4 is 27.5 Å². The summed E-state index contributed by atoms with van der Waals surface area (Å²) >= 11 is 1.27. The molecule has 1 saturated heterocycles. The van der Waals surface area contributed by atoms with Crippen molar-refractivity contribution < 1.29 is 17.9 Å². The van der Waals surface area contributed by atoms with Crippen LogP contribution < -0.4 is 10.1 Å². The number of amides is 1. The molecule has 2 aromatic rings. The zero-order valence-electron chi connectivity index (χ0n) is 17.1. The van der Waals surface area contributed by atoms with Crippen LogP contribution in [0.1, 0.15) is 24.7 Å². The lowest BCUT2D eigenvalue weighted by molar-refractivity contribution is -0.120. The van der Waals surface area contributed by atoms with Gasteiger partial charge in [-0.05, 0) is 38.0 Å². The maximum absolute atomic E-state index is 12.5. The molecule has 0 spiro atoms. The number of carbonyl (C=O) groups is 1. The summed E-state index contributed by atoms with van der Waals surface area (Å²) in [6.45, 7) is 8.26. The molecular formula is C20H26N4O4S2. The normalized spacial score (nSPS) is 18.7. The van der Waals surface area contributed by atoms with Gasteiger partial charge in [0.05, 0.1) is 16.8 Å². The second-order valence-corrected chi connectivity index (χ2v) is 10.8. The smallest absolute Gasteiger partial charge is 0.233 e. The van der Waals surface area contributed by atoms with Crippen LogP contribution in [0.3, 0.4) is 0 Å². The lowest BCUT2D eigenvalue weighted by Gasteiger charge is -2.16. The highest BCUT2D eigenvalue weighted by molar-refractivity contribution is 8.00. The second kappa shape index (κ2) is 9.65. The topological polar surface area (TPSA) is 103 Å². The van der Waals surface area contributed by atoms with Gasteiger partial charge in [-0.1, -0.05) is 30.0 Å². The standard InChI is InChI=1S/C20H26N4O4S2/c1-4-9-24-18(12-28-17-7-5-6-14(2)11-17)22-23-20(24)29-15(3)19(25)21-16-8-10-30(26,27)13-16/h4-7,11,15-16H,1,8-10,12-13H2,2-3H3,(H,21,25)/t15-,16+/m1/s1. The van der Waals surface area contributed by atoms with E-state index in [9.17, 15) is 13.2 Å². The molecule has 0 radical (unpaired) electrons. The fourth-order valence-electron chi connectivity index (χ4n) is 3.12. The Morgan fingerprint density at radius 3 is 2.93 bits per heavy atom. The van der Waals surface area contributed by atoms with Crippen molar-refractivity contribution in [1.29, 1.82) is 0 Å². The third kappa shape index (κ3) is 5.85. The zero-order valence-corrected chi connectivity index (χ0v) is 18.7. The number of hydrogen-bond acceptors (Lipinski definition) is 7. The average Bonchev–Trinajstić information content (AvgIpc) is 3.23. The summed E-state index contributed by atoms with van der Waals surface area (Å²) < 4.78 is 30.9. The number of allylic oxidation sites excluding steroid dienone is 1. The number of hydrogen-bond donors (Lipinski definition) is 1.